The normalized spacial score (nSPS) is 20.4. The van der Waals surface area contributed by atoms with Crippen LogP contribution in [0, 0.1) is 0 Å². The lowest BCUT2D eigenvalue weighted by molar-refractivity contribution is -0.122. The SMILES string of the molecule is CS(=O)(=O)O[C@H]1CCN(c2ccc(Br)cc2)C1=O. The van der Waals surface area contributed by atoms with E-state index < -0.39 is 16.2 Å². The first-order valence-electron chi connectivity index (χ1n) is 5.32. The Labute approximate surface area is 114 Å². The topological polar surface area (TPSA) is 63.7 Å². The molecule has 1 aromatic carbocycles. The van der Waals surface area contributed by atoms with Crippen molar-refractivity contribution in [3.63, 3.8) is 0 Å². The lowest BCUT2D eigenvalue weighted by Crippen LogP contribution is -2.31. The van der Waals surface area contributed by atoms with Crippen molar-refractivity contribution >= 4 is 37.6 Å². The highest BCUT2D eigenvalue weighted by atomic mass is 79.9. The van der Waals surface area contributed by atoms with Crippen molar-refractivity contribution in [1.29, 1.82) is 0 Å². The number of carbonyl (C=O) groups excluding carboxylic acids is 1. The highest BCUT2D eigenvalue weighted by Gasteiger charge is 2.35. The van der Waals surface area contributed by atoms with E-state index in [1.54, 1.807) is 12.1 Å². The summed E-state index contributed by atoms with van der Waals surface area (Å²) in [4.78, 5) is 13.5. The second kappa shape index (κ2) is 4.99. The van der Waals surface area contributed by atoms with Crippen molar-refractivity contribution in [1.82, 2.24) is 0 Å². The number of rotatable bonds is 3. The first kappa shape index (κ1) is 13.5. The average Bonchev–Trinajstić information content (AvgIpc) is 2.60. The van der Waals surface area contributed by atoms with E-state index in [9.17, 15) is 13.2 Å². The van der Waals surface area contributed by atoms with Gasteiger partial charge in [0.25, 0.3) is 16.0 Å². The highest BCUT2D eigenvalue weighted by Crippen LogP contribution is 2.25. The van der Waals surface area contributed by atoms with Gasteiger partial charge < -0.3 is 4.90 Å². The molecule has 0 aliphatic carbocycles. The molecule has 0 bridgehead atoms. The van der Waals surface area contributed by atoms with Crippen LogP contribution in [0.4, 0.5) is 5.69 Å². The Morgan fingerprint density at radius 1 is 1.33 bits per heavy atom. The molecule has 0 aromatic heterocycles. The molecule has 2 rings (SSSR count). The molecule has 1 aromatic rings. The van der Waals surface area contributed by atoms with Gasteiger partial charge in [-0.2, -0.15) is 8.42 Å². The molecule has 0 N–H and O–H groups in total. The van der Waals surface area contributed by atoms with Crippen LogP contribution in [0.5, 0.6) is 0 Å². The predicted octanol–water partition coefficient (Wildman–Crippen LogP) is 1.53. The van der Waals surface area contributed by atoms with Crippen LogP contribution in [0.1, 0.15) is 6.42 Å². The Balaban J connectivity index is 2.14. The zero-order valence-corrected chi connectivity index (χ0v) is 12.1. The van der Waals surface area contributed by atoms with E-state index in [0.717, 1.165) is 16.4 Å². The molecule has 98 valence electrons. The van der Waals surface area contributed by atoms with E-state index in [0.29, 0.717) is 13.0 Å². The maximum absolute atomic E-state index is 12.0. The molecule has 1 fully saturated rings. The molecule has 18 heavy (non-hydrogen) atoms. The van der Waals surface area contributed by atoms with Gasteiger partial charge in [-0.15, -0.1) is 0 Å². The number of amides is 1. The quantitative estimate of drug-likeness (QED) is 0.787. The minimum atomic E-state index is -3.61. The summed E-state index contributed by atoms with van der Waals surface area (Å²) in [7, 11) is -3.61. The molecule has 0 spiro atoms. The van der Waals surface area contributed by atoms with Crippen molar-refractivity contribution < 1.29 is 17.4 Å². The minimum absolute atomic E-state index is 0.317. The van der Waals surface area contributed by atoms with Gasteiger partial charge in [-0.25, -0.2) is 0 Å². The number of carbonyl (C=O) groups is 1. The number of anilines is 1. The monoisotopic (exact) mass is 333 g/mol. The summed E-state index contributed by atoms with van der Waals surface area (Å²) in [6, 6.07) is 7.25. The average molecular weight is 334 g/mol. The molecule has 0 radical (unpaired) electrons. The smallest absolute Gasteiger partial charge is 0.265 e. The van der Waals surface area contributed by atoms with Gasteiger partial charge in [-0.3, -0.25) is 8.98 Å². The summed E-state index contributed by atoms with van der Waals surface area (Å²) in [5.74, 6) is -0.317. The standard InChI is InChI=1S/C11H12BrNO4S/c1-18(15,16)17-10-6-7-13(11(10)14)9-4-2-8(12)3-5-9/h2-5,10H,6-7H2,1H3/t10-/m0/s1. The molecule has 1 atom stereocenters. The first-order valence-corrected chi connectivity index (χ1v) is 7.93. The van der Waals surface area contributed by atoms with E-state index in [4.69, 9.17) is 4.18 Å². The number of hydrogen-bond donors (Lipinski definition) is 0. The Bertz CT molecular complexity index is 555. The summed E-state index contributed by atoms with van der Waals surface area (Å²) >= 11 is 3.31. The third-order valence-electron chi connectivity index (χ3n) is 2.59. The van der Waals surface area contributed by atoms with Gasteiger partial charge in [0.15, 0.2) is 6.10 Å². The van der Waals surface area contributed by atoms with Crippen molar-refractivity contribution in [2.75, 3.05) is 17.7 Å². The number of halogens is 1. The van der Waals surface area contributed by atoms with Gasteiger partial charge in [0, 0.05) is 23.1 Å². The van der Waals surface area contributed by atoms with Gasteiger partial charge in [-0.1, -0.05) is 15.9 Å². The molecule has 1 amide bonds. The van der Waals surface area contributed by atoms with Crippen LogP contribution in [0.2, 0.25) is 0 Å². The second-order valence-electron chi connectivity index (χ2n) is 4.04. The van der Waals surface area contributed by atoms with Crippen molar-refractivity contribution in [2.24, 2.45) is 0 Å². The summed E-state index contributed by atoms with van der Waals surface area (Å²) in [6.07, 6.45) is 0.425. The maximum Gasteiger partial charge on any atom is 0.265 e. The Morgan fingerprint density at radius 2 is 1.94 bits per heavy atom. The van der Waals surface area contributed by atoms with Gasteiger partial charge in [0.1, 0.15) is 0 Å². The van der Waals surface area contributed by atoms with Crippen LogP contribution in [-0.2, 0) is 19.1 Å². The maximum atomic E-state index is 12.0. The molecular formula is C11H12BrNO4S. The molecule has 1 heterocycles. The molecule has 5 nitrogen and oxygen atoms in total. The lowest BCUT2D eigenvalue weighted by Gasteiger charge is -2.16. The first-order chi connectivity index (χ1) is 8.37. The summed E-state index contributed by atoms with van der Waals surface area (Å²) in [5.41, 5.74) is 0.739. The summed E-state index contributed by atoms with van der Waals surface area (Å²) in [6.45, 7) is 0.459. The second-order valence-corrected chi connectivity index (χ2v) is 6.56. The number of nitrogens with zero attached hydrogens (tertiary/aromatic N) is 1. The fourth-order valence-corrected chi connectivity index (χ4v) is 2.70. The fourth-order valence-electron chi connectivity index (χ4n) is 1.83. The van der Waals surface area contributed by atoms with Gasteiger partial charge in [0.2, 0.25) is 0 Å². The van der Waals surface area contributed by atoms with Gasteiger partial charge in [0.05, 0.1) is 6.26 Å². The van der Waals surface area contributed by atoms with Gasteiger partial charge in [-0.05, 0) is 24.3 Å². The van der Waals surface area contributed by atoms with Crippen LogP contribution >= 0.6 is 15.9 Å². The zero-order chi connectivity index (χ0) is 13.3. The fraction of sp³-hybridized carbons (Fsp3) is 0.364. The van der Waals surface area contributed by atoms with E-state index in [-0.39, 0.29) is 5.91 Å². The van der Waals surface area contributed by atoms with E-state index in [2.05, 4.69) is 15.9 Å². The molecule has 0 saturated carbocycles. The third kappa shape index (κ3) is 3.09. The third-order valence-corrected chi connectivity index (χ3v) is 3.70. The van der Waals surface area contributed by atoms with E-state index >= 15 is 0 Å². The van der Waals surface area contributed by atoms with Crippen LogP contribution in [0.25, 0.3) is 0 Å². The number of hydrogen-bond acceptors (Lipinski definition) is 4. The predicted molar refractivity (Wildman–Crippen MR) is 70.8 cm³/mol. The Kier molecular flexibility index (Phi) is 3.74. The molecule has 1 saturated heterocycles. The number of benzene rings is 1. The summed E-state index contributed by atoms with van der Waals surface area (Å²) in [5, 5.41) is 0. The van der Waals surface area contributed by atoms with Crippen LogP contribution in [0.15, 0.2) is 28.7 Å². The Hall–Kier alpha value is -0.920. The van der Waals surface area contributed by atoms with Crippen LogP contribution < -0.4 is 4.90 Å². The zero-order valence-electron chi connectivity index (χ0n) is 9.67. The Morgan fingerprint density at radius 3 is 2.50 bits per heavy atom. The molecule has 1 aliphatic heterocycles. The lowest BCUT2D eigenvalue weighted by atomic mass is 10.3. The largest absolute Gasteiger partial charge is 0.310 e. The van der Waals surface area contributed by atoms with Gasteiger partial charge >= 0.3 is 0 Å². The molecular weight excluding hydrogens is 322 g/mol. The summed E-state index contributed by atoms with van der Waals surface area (Å²) < 4.78 is 27.7. The van der Waals surface area contributed by atoms with Crippen molar-refractivity contribution in [3.8, 4) is 0 Å². The van der Waals surface area contributed by atoms with Crippen LogP contribution in [0.3, 0.4) is 0 Å². The minimum Gasteiger partial charge on any atom is -0.310 e. The van der Waals surface area contributed by atoms with E-state index in [1.807, 2.05) is 12.1 Å². The van der Waals surface area contributed by atoms with Crippen molar-refractivity contribution in [3.05, 3.63) is 28.7 Å². The van der Waals surface area contributed by atoms with Crippen molar-refractivity contribution in [2.45, 2.75) is 12.5 Å². The highest BCUT2D eigenvalue weighted by molar-refractivity contribution is 9.10. The molecule has 1 aliphatic rings. The molecule has 0 unspecified atom stereocenters. The molecule has 7 heteroatoms. The van der Waals surface area contributed by atoms with Crippen LogP contribution in [-0.4, -0.2) is 33.2 Å². The van der Waals surface area contributed by atoms with E-state index in [1.165, 1.54) is 4.90 Å².